The minimum Gasteiger partial charge on any atom is -0.508 e. The molecule has 0 bridgehead atoms. The number of nitrogens with zero attached hydrogens (tertiary/aromatic N) is 1. The molecule has 19 heteroatoms. The Bertz CT molecular complexity index is 1900. The molecule has 13 nitrogen and oxygen atoms in total. The third-order valence-electron chi connectivity index (χ3n) is 7.49. The number of carboxylic acid groups (broad SMARTS) is 2. The Kier molecular flexibility index (Phi) is 16.5. The van der Waals surface area contributed by atoms with Gasteiger partial charge < -0.3 is 46.3 Å². The molecule has 0 saturated carbocycles. The number of hydrogen-bond acceptors (Lipinski definition) is 10. The van der Waals surface area contributed by atoms with Crippen LogP contribution in [0.5, 0.6) is 17.2 Å². The summed E-state index contributed by atoms with van der Waals surface area (Å²) >= 11 is 0. The Balaban J connectivity index is 0.000000633. The fraction of sp³-hybridized carbons (Fsp3) is 0.333. The summed E-state index contributed by atoms with van der Waals surface area (Å²) in [5.74, 6) is -4.81. The molecule has 4 aromatic rings. The van der Waals surface area contributed by atoms with Gasteiger partial charge >= 0.3 is 24.3 Å². The van der Waals surface area contributed by atoms with Gasteiger partial charge in [0.15, 0.2) is 11.5 Å². The molecule has 0 aliphatic heterocycles. The Morgan fingerprint density at radius 3 is 1.87 bits per heavy atom. The summed E-state index contributed by atoms with van der Waals surface area (Å²) in [5, 5.41) is 42.2. The van der Waals surface area contributed by atoms with E-state index in [2.05, 4.69) is 22.5 Å². The molecular weight excluding hydrogens is 746 g/mol. The summed E-state index contributed by atoms with van der Waals surface area (Å²) < 4.78 is 75.1. The normalized spacial score (nSPS) is 12.3. The summed E-state index contributed by atoms with van der Waals surface area (Å²) in [6, 6.07) is 15.9. The van der Waals surface area contributed by atoms with E-state index in [4.69, 9.17) is 35.0 Å². The zero-order valence-electron chi connectivity index (χ0n) is 29.9. The van der Waals surface area contributed by atoms with Crippen molar-refractivity contribution in [3.05, 3.63) is 83.0 Å². The number of primary amides is 1. The minimum atomic E-state index is -5.08. The molecule has 300 valence electrons. The van der Waals surface area contributed by atoms with Crippen LogP contribution in [0.1, 0.15) is 60.8 Å². The number of anilines is 2. The number of phenolic OH excluding ortho intramolecular Hbond substituents is 1. The van der Waals surface area contributed by atoms with Gasteiger partial charge in [0.05, 0.1) is 36.1 Å². The Morgan fingerprint density at radius 1 is 0.873 bits per heavy atom. The maximum absolute atomic E-state index is 12.5. The predicted molar refractivity (Wildman–Crippen MR) is 188 cm³/mol. The molecule has 1 aromatic heterocycles. The second kappa shape index (κ2) is 20.0. The number of aromatic nitrogens is 1. The fourth-order valence-corrected chi connectivity index (χ4v) is 4.87. The first kappa shape index (κ1) is 45.3. The highest BCUT2D eigenvalue weighted by Crippen LogP contribution is 2.38. The van der Waals surface area contributed by atoms with Crippen LogP contribution in [0, 0.1) is 0 Å². The number of amides is 1. The summed E-state index contributed by atoms with van der Waals surface area (Å²) in [5.41, 5.74) is 10.9. The van der Waals surface area contributed by atoms with E-state index < -0.39 is 36.3 Å². The number of halogens is 6. The van der Waals surface area contributed by atoms with Crippen LogP contribution in [-0.2, 0) is 22.6 Å². The van der Waals surface area contributed by atoms with Gasteiger partial charge in [-0.05, 0) is 68.1 Å². The molecule has 1 amide bonds. The molecule has 55 heavy (non-hydrogen) atoms. The highest BCUT2D eigenvalue weighted by Gasteiger charge is 2.39. The number of phenols is 1. The molecule has 0 fully saturated rings. The van der Waals surface area contributed by atoms with Crippen LogP contribution in [0.15, 0.2) is 60.8 Å². The number of carbonyl (C=O) groups excluding carboxylic acids is 1. The van der Waals surface area contributed by atoms with Crippen molar-refractivity contribution in [1.82, 2.24) is 10.3 Å². The number of pyridine rings is 1. The van der Waals surface area contributed by atoms with Crippen LogP contribution in [0.3, 0.4) is 0 Å². The van der Waals surface area contributed by atoms with Gasteiger partial charge in [-0.1, -0.05) is 31.2 Å². The number of nitrogens with two attached hydrogens (primary N) is 1. The topological polar surface area (TPSA) is 214 Å². The van der Waals surface area contributed by atoms with Crippen molar-refractivity contribution >= 4 is 40.1 Å². The van der Waals surface area contributed by atoms with Crippen molar-refractivity contribution in [2.24, 2.45) is 5.73 Å². The molecule has 0 spiro atoms. The van der Waals surface area contributed by atoms with E-state index in [1.807, 2.05) is 51.1 Å². The van der Waals surface area contributed by atoms with Crippen molar-refractivity contribution < 1.29 is 70.6 Å². The van der Waals surface area contributed by atoms with Crippen molar-refractivity contribution in [3.63, 3.8) is 0 Å². The van der Waals surface area contributed by atoms with Crippen molar-refractivity contribution in [1.29, 1.82) is 0 Å². The van der Waals surface area contributed by atoms with Gasteiger partial charge in [-0.25, -0.2) is 9.59 Å². The SMILES string of the molecule is CCOc1cc2ncc(C(N)=O)c(Nc3cccc(CN[C@H](C)[C@@H](O)c4ccc(O)cc4)c3CC)c2cc1OCC.O=C(O)C(F)(F)F.O=C(O)C(F)(F)F. The predicted octanol–water partition coefficient (Wildman–Crippen LogP) is 6.62. The number of rotatable bonds is 13. The van der Waals surface area contributed by atoms with Gasteiger partial charge in [0, 0.05) is 35.9 Å². The fourth-order valence-electron chi connectivity index (χ4n) is 4.87. The first-order valence-electron chi connectivity index (χ1n) is 16.4. The number of nitrogens with one attached hydrogen (secondary N) is 2. The van der Waals surface area contributed by atoms with Gasteiger partial charge in [-0.3, -0.25) is 9.78 Å². The molecule has 2 atom stereocenters. The van der Waals surface area contributed by atoms with Gasteiger partial charge in [-0.2, -0.15) is 26.3 Å². The number of benzene rings is 3. The highest BCUT2D eigenvalue weighted by molar-refractivity contribution is 6.08. The molecule has 0 saturated heterocycles. The number of aliphatic hydroxyl groups excluding tert-OH is 1. The monoisotopic (exact) mass is 786 g/mol. The lowest BCUT2D eigenvalue weighted by Gasteiger charge is -2.23. The summed E-state index contributed by atoms with van der Waals surface area (Å²) in [6.07, 6.45) is -8.71. The first-order chi connectivity index (χ1) is 25.7. The Labute approximate surface area is 310 Å². The smallest absolute Gasteiger partial charge is 0.490 e. The minimum absolute atomic E-state index is 0.156. The van der Waals surface area contributed by atoms with Crippen LogP contribution >= 0.6 is 0 Å². The van der Waals surface area contributed by atoms with Gasteiger partial charge in [0.1, 0.15) is 5.75 Å². The van der Waals surface area contributed by atoms with E-state index in [9.17, 15) is 41.4 Å². The van der Waals surface area contributed by atoms with Gasteiger partial charge in [-0.15, -0.1) is 0 Å². The van der Waals surface area contributed by atoms with Crippen LogP contribution in [0.2, 0.25) is 0 Å². The van der Waals surface area contributed by atoms with Crippen LogP contribution in [0.4, 0.5) is 37.7 Å². The highest BCUT2D eigenvalue weighted by atomic mass is 19.4. The van der Waals surface area contributed by atoms with Crippen molar-refractivity contribution in [2.45, 2.75) is 65.2 Å². The number of carbonyl (C=O) groups is 3. The zero-order valence-corrected chi connectivity index (χ0v) is 29.9. The number of alkyl halides is 6. The van der Waals surface area contributed by atoms with Gasteiger partial charge in [0.2, 0.25) is 0 Å². The molecule has 0 unspecified atom stereocenters. The maximum Gasteiger partial charge on any atom is 0.490 e. The van der Waals surface area contributed by atoms with E-state index in [0.717, 1.165) is 28.8 Å². The van der Waals surface area contributed by atoms with Gasteiger partial charge in [0.25, 0.3) is 5.91 Å². The average molecular weight is 787 g/mol. The molecule has 0 radical (unpaired) electrons. The number of fused-ring (bicyclic) bond motifs is 1. The lowest BCUT2D eigenvalue weighted by molar-refractivity contribution is -0.193. The number of aliphatic hydroxyl groups is 1. The summed E-state index contributed by atoms with van der Waals surface area (Å²) in [7, 11) is 0. The largest absolute Gasteiger partial charge is 0.508 e. The van der Waals surface area contributed by atoms with Crippen molar-refractivity contribution in [2.75, 3.05) is 18.5 Å². The maximum atomic E-state index is 12.5. The molecule has 0 aliphatic carbocycles. The summed E-state index contributed by atoms with van der Waals surface area (Å²) in [6.45, 7) is 9.22. The summed E-state index contributed by atoms with van der Waals surface area (Å²) in [4.78, 5) is 34.7. The number of aromatic hydroxyl groups is 1. The second-order valence-electron chi connectivity index (χ2n) is 11.3. The lowest BCUT2D eigenvalue weighted by Crippen LogP contribution is -2.32. The van der Waals surface area contributed by atoms with Crippen LogP contribution in [-0.4, -0.2) is 74.9 Å². The Hall–Kier alpha value is -5.82. The standard InChI is InChI=1S/C32H38N4O5.2C2HF3O2/c1-5-23-21(17-34-19(4)31(38)20-11-13-22(37)14-12-20)9-8-10-26(23)36-30-24-15-28(40-6-2)29(41-7-3)16-27(24)35-18-25(30)32(33)39;2*3-2(4,5)1(6)7/h8-16,18-19,31,34,37-38H,5-7,17H2,1-4H3,(H2,33,39)(H,35,36);2*(H,6,7)/t19-,31-;;/m1../s1. The molecule has 1 heterocycles. The number of aliphatic carboxylic acids is 2. The number of ether oxygens (including phenoxy) is 2. The Morgan fingerprint density at radius 2 is 1.40 bits per heavy atom. The quantitative estimate of drug-likeness (QED) is 0.0713. The zero-order chi connectivity index (χ0) is 41.7. The number of hydrogen-bond donors (Lipinski definition) is 7. The van der Waals surface area contributed by atoms with Crippen LogP contribution < -0.4 is 25.8 Å². The number of carboxylic acids is 2. The lowest BCUT2D eigenvalue weighted by atomic mass is 10.00. The third-order valence-corrected chi connectivity index (χ3v) is 7.49. The van der Waals surface area contributed by atoms with Crippen LogP contribution in [0.25, 0.3) is 10.9 Å². The molecule has 3 aromatic carbocycles. The van der Waals surface area contributed by atoms with E-state index in [-0.39, 0.29) is 17.4 Å². The first-order valence-corrected chi connectivity index (χ1v) is 16.4. The van der Waals surface area contributed by atoms with E-state index >= 15 is 0 Å². The molecule has 4 rings (SSSR count). The third kappa shape index (κ3) is 13.2. The molecule has 8 N–H and O–H groups in total. The second-order valence-corrected chi connectivity index (χ2v) is 11.3. The molecule has 0 aliphatic rings. The van der Waals surface area contributed by atoms with E-state index in [0.29, 0.717) is 47.8 Å². The average Bonchev–Trinajstić information content (AvgIpc) is 3.11. The van der Waals surface area contributed by atoms with E-state index in [1.165, 1.54) is 6.20 Å². The van der Waals surface area contributed by atoms with Crippen molar-refractivity contribution in [3.8, 4) is 17.2 Å². The van der Waals surface area contributed by atoms with E-state index in [1.54, 1.807) is 24.3 Å². The molecular formula is C36H40F6N4O9.